The molecule has 0 atom stereocenters. The molecular weight excluding hydrogens is 334 g/mol. The van der Waals surface area contributed by atoms with Crippen LogP contribution < -0.4 is 0 Å². The molecule has 1 amide bonds. The van der Waals surface area contributed by atoms with Gasteiger partial charge in [-0.1, -0.05) is 48.5 Å². The number of aliphatic carboxylic acids is 1. The Hall–Kier alpha value is -3.55. The number of nitrogens with zero attached hydrogens (tertiary/aromatic N) is 4. The predicted octanol–water partition coefficient (Wildman–Crippen LogP) is 1.97. The first-order chi connectivity index (χ1) is 12.5. The van der Waals surface area contributed by atoms with Crippen molar-refractivity contribution in [3.63, 3.8) is 0 Å². The summed E-state index contributed by atoms with van der Waals surface area (Å²) < 4.78 is 0. The van der Waals surface area contributed by atoms with Crippen LogP contribution in [-0.2, 0) is 16.1 Å². The molecule has 0 spiro atoms. The highest BCUT2D eigenvalue weighted by molar-refractivity contribution is 5.81. The first kappa shape index (κ1) is 17.3. The summed E-state index contributed by atoms with van der Waals surface area (Å²) in [5.74, 6) is -0.807. The Morgan fingerprint density at radius 2 is 1.77 bits per heavy atom. The maximum absolute atomic E-state index is 11.6. The summed E-state index contributed by atoms with van der Waals surface area (Å²) in [7, 11) is 0. The Morgan fingerprint density at radius 3 is 2.35 bits per heavy atom. The van der Waals surface area contributed by atoms with Gasteiger partial charge in [-0.2, -0.15) is 5.21 Å². The lowest BCUT2D eigenvalue weighted by Gasteiger charge is -2.19. The number of hydrogen-bond donors (Lipinski definition) is 2. The summed E-state index contributed by atoms with van der Waals surface area (Å²) in [6.45, 7) is 1.28. The van der Waals surface area contributed by atoms with E-state index in [1.807, 2.05) is 48.5 Å². The third-order valence-corrected chi connectivity index (χ3v) is 3.92. The number of tetrazole rings is 1. The third kappa shape index (κ3) is 3.92. The Morgan fingerprint density at radius 1 is 1.08 bits per heavy atom. The fourth-order valence-corrected chi connectivity index (χ4v) is 2.66. The third-order valence-electron chi connectivity index (χ3n) is 3.92. The second-order valence-corrected chi connectivity index (χ2v) is 5.75. The SMILES string of the molecule is CC(=O)N(CC(=O)O)Cc1ccc(-c2ccccc2-c2nn[nH]n2)cc1. The highest BCUT2D eigenvalue weighted by Gasteiger charge is 2.14. The number of H-pyrrole nitrogens is 1. The Labute approximate surface area is 149 Å². The van der Waals surface area contributed by atoms with Crippen molar-refractivity contribution in [3.8, 4) is 22.5 Å². The van der Waals surface area contributed by atoms with Gasteiger partial charge in [-0.3, -0.25) is 9.59 Å². The Balaban J connectivity index is 1.85. The van der Waals surface area contributed by atoms with E-state index in [9.17, 15) is 9.59 Å². The molecule has 0 radical (unpaired) electrons. The molecule has 8 nitrogen and oxygen atoms in total. The molecular formula is C18H17N5O3. The number of nitrogens with one attached hydrogen (secondary N) is 1. The van der Waals surface area contributed by atoms with Gasteiger partial charge >= 0.3 is 5.97 Å². The number of aromatic amines is 1. The van der Waals surface area contributed by atoms with Crippen molar-refractivity contribution in [2.24, 2.45) is 0 Å². The minimum absolute atomic E-state index is 0.244. The van der Waals surface area contributed by atoms with Crippen LogP contribution in [0.2, 0.25) is 0 Å². The molecule has 8 heteroatoms. The molecule has 0 bridgehead atoms. The molecule has 0 saturated carbocycles. The van der Waals surface area contributed by atoms with E-state index in [-0.39, 0.29) is 19.0 Å². The second kappa shape index (κ2) is 7.56. The van der Waals surface area contributed by atoms with Crippen molar-refractivity contribution >= 4 is 11.9 Å². The van der Waals surface area contributed by atoms with Crippen LogP contribution in [0.5, 0.6) is 0 Å². The molecule has 2 N–H and O–H groups in total. The summed E-state index contributed by atoms with van der Waals surface area (Å²) in [5.41, 5.74) is 3.61. The summed E-state index contributed by atoms with van der Waals surface area (Å²) in [5, 5.41) is 23.0. The predicted molar refractivity (Wildman–Crippen MR) is 93.8 cm³/mol. The molecule has 0 saturated heterocycles. The zero-order valence-corrected chi connectivity index (χ0v) is 14.1. The number of hydrogen-bond acceptors (Lipinski definition) is 5. The van der Waals surface area contributed by atoms with E-state index in [4.69, 9.17) is 5.11 Å². The minimum Gasteiger partial charge on any atom is -0.480 e. The van der Waals surface area contributed by atoms with Crippen LogP contribution in [0.4, 0.5) is 0 Å². The average molecular weight is 351 g/mol. The molecule has 0 fully saturated rings. The normalized spacial score (nSPS) is 10.5. The average Bonchev–Trinajstić information content (AvgIpc) is 3.16. The van der Waals surface area contributed by atoms with Crippen molar-refractivity contribution in [1.29, 1.82) is 0 Å². The van der Waals surface area contributed by atoms with Gasteiger partial charge in [0.1, 0.15) is 6.54 Å². The van der Waals surface area contributed by atoms with Crippen LogP contribution in [0.25, 0.3) is 22.5 Å². The zero-order valence-electron chi connectivity index (χ0n) is 14.1. The second-order valence-electron chi connectivity index (χ2n) is 5.75. The highest BCUT2D eigenvalue weighted by atomic mass is 16.4. The van der Waals surface area contributed by atoms with Crippen LogP contribution in [0, 0.1) is 0 Å². The van der Waals surface area contributed by atoms with E-state index in [2.05, 4.69) is 20.6 Å². The number of benzene rings is 2. The largest absolute Gasteiger partial charge is 0.480 e. The summed E-state index contributed by atoms with van der Waals surface area (Å²) in [6.07, 6.45) is 0. The summed E-state index contributed by atoms with van der Waals surface area (Å²) in [4.78, 5) is 23.8. The van der Waals surface area contributed by atoms with Crippen LogP contribution in [-0.4, -0.2) is 49.1 Å². The smallest absolute Gasteiger partial charge is 0.323 e. The molecule has 0 aliphatic heterocycles. The van der Waals surface area contributed by atoms with Crippen molar-refractivity contribution in [2.75, 3.05) is 6.54 Å². The van der Waals surface area contributed by atoms with Gasteiger partial charge < -0.3 is 10.0 Å². The van der Waals surface area contributed by atoms with Gasteiger partial charge in [0.25, 0.3) is 0 Å². The molecule has 0 aliphatic carbocycles. The van der Waals surface area contributed by atoms with E-state index >= 15 is 0 Å². The van der Waals surface area contributed by atoms with Gasteiger partial charge in [-0.05, 0) is 21.9 Å². The number of rotatable bonds is 6. The van der Waals surface area contributed by atoms with Crippen LogP contribution in [0.15, 0.2) is 48.5 Å². The molecule has 3 aromatic rings. The van der Waals surface area contributed by atoms with E-state index in [0.717, 1.165) is 22.3 Å². The molecule has 3 rings (SSSR count). The number of carbonyl (C=O) groups excluding carboxylic acids is 1. The first-order valence-corrected chi connectivity index (χ1v) is 7.94. The quantitative estimate of drug-likeness (QED) is 0.702. The molecule has 2 aromatic carbocycles. The van der Waals surface area contributed by atoms with Gasteiger partial charge in [0.2, 0.25) is 11.7 Å². The number of amides is 1. The molecule has 26 heavy (non-hydrogen) atoms. The zero-order chi connectivity index (χ0) is 18.5. The van der Waals surface area contributed by atoms with Crippen LogP contribution >= 0.6 is 0 Å². The monoisotopic (exact) mass is 351 g/mol. The number of carboxylic acid groups (broad SMARTS) is 1. The van der Waals surface area contributed by atoms with Crippen molar-refractivity contribution in [2.45, 2.75) is 13.5 Å². The fourth-order valence-electron chi connectivity index (χ4n) is 2.66. The maximum Gasteiger partial charge on any atom is 0.323 e. The van der Waals surface area contributed by atoms with Crippen molar-refractivity contribution in [1.82, 2.24) is 25.5 Å². The topological polar surface area (TPSA) is 112 Å². The van der Waals surface area contributed by atoms with E-state index in [1.165, 1.54) is 11.8 Å². The molecule has 132 valence electrons. The highest BCUT2D eigenvalue weighted by Crippen LogP contribution is 2.29. The lowest BCUT2D eigenvalue weighted by Crippen LogP contribution is -2.33. The van der Waals surface area contributed by atoms with Crippen LogP contribution in [0.1, 0.15) is 12.5 Å². The van der Waals surface area contributed by atoms with Gasteiger partial charge in [-0.25, -0.2) is 0 Å². The van der Waals surface area contributed by atoms with Crippen molar-refractivity contribution in [3.05, 3.63) is 54.1 Å². The van der Waals surface area contributed by atoms with Gasteiger partial charge in [0, 0.05) is 19.0 Å². The lowest BCUT2D eigenvalue weighted by atomic mass is 9.98. The first-order valence-electron chi connectivity index (χ1n) is 7.94. The Kier molecular flexibility index (Phi) is 5.02. The van der Waals surface area contributed by atoms with E-state index in [1.54, 1.807) is 0 Å². The van der Waals surface area contributed by atoms with Gasteiger partial charge in [0.15, 0.2) is 0 Å². The standard InChI is InChI=1S/C18H17N5O3/c1-12(24)23(11-17(25)26)10-13-6-8-14(9-7-13)15-4-2-3-5-16(15)18-19-21-22-20-18/h2-9H,10-11H2,1H3,(H,25,26)(H,19,20,21,22). The number of carboxylic acids is 1. The maximum atomic E-state index is 11.6. The van der Waals surface area contributed by atoms with E-state index < -0.39 is 5.97 Å². The summed E-state index contributed by atoms with van der Waals surface area (Å²) >= 11 is 0. The molecule has 0 aliphatic rings. The van der Waals surface area contributed by atoms with E-state index in [0.29, 0.717) is 5.82 Å². The molecule has 1 heterocycles. The number of carbonyl (C=O) groups is 2. The Bertz CT molecular complexity index is 907. The lowest BCUT2D eigenvalue weighted by molar-refractivity contribution is -0.144. The summed E-state index contributed by atoms with van der Waals surface area (Å²) in [6, 6.07) is 15.3. The van der Waals surface area contributed by atoms with Gasteiger partial charge in [0.05, 0.1) is 0 Å². The molecule has 0 unspecified atom stereocenters. The fraction of sp³-hybridized carbons (Fsp3) is 0.167. The minimum atomic E-state index is -1.04. The van der Waals surface area contributed by atoms with Gasteiger partial charge in [-0.15, -0.1) is 10.2 Å². The molecule has 1 aromatic heterocycles. The van der Waals surface area contributed by atoms with Crippen LogP contribution in [0.3, 0.4) is 0 Å². The number of aromatic nitrogens is 4. The van der Waals surface area contributed by atoms with Crippen molar-refractivity contribution < 1.29 is 14.7 Å².